The Kier molecular flexibility index (Phi) is 4.59. The Balaban J connectivity index is 1.40. The molecule has 2 aromatic rings. The summed E-state index contributed by atoms with van der Waals surface area (Å²) in [5, 5.41) is 13.2. The van der Waals surface area contributed by atoms with Gasteiger partial charge in [0.25, 0.3) is 0 Å². The fourth-order valence-corrected chi connectivity index (χ4v) is 5.36. The highest BCUT2D eigenvalue weighted by atomic mass is 32.2. The van der Waals surface area contributed by atoms with Gasteiger partial charge >= 0.3 is 0 Å². The standard InChI is InChI=1S/C19H26N6O2S/c26-11-19(4-5-19)24-17-14-10-28(27)8-3-15(14)22-18(23-17)25-6-1-13(2-7-25)16-9-20-12-21-16/h9,12-13,26H,1-8,10-11H2,(H,20,21)(H,22,23,24)/t28-/m1/s1. The van der Waals surface area contributed by atoms with Gasteiger partial charge in [-0.3, -0.25) is 4.21 Å². The van der Waals surface area contributed by atoms with E-state index in [0.29, 0.717) is 17.4 Å². The van der Waals surface area contributed by atoms with Crippen LogP contribution >= 0.6 is 0 Å². The molecule has 2 fully saturated rings. The van der Waals surface area contributed by atoms with Gasteiger partial charge in [0.05, 0.1) is 29.9 Å². The van der Waals surface area contributed by atoms with Gasteiger partial charge in [-0.15, -0.1) is 0 Å². The van der Waals surface area contributed by atoms with E-state index in [9.17, 15) is 9.32 Å². The van der Waals surface area contributed by atoms with E-state index >= 15 is 0 Å². The summed E-state index contributed by atoms with van der Waals surface area (Å²) < 4.78 is 12.1. The number of nitrogens with zero attached hydrogens (tertiary/aromatic N) is 4. The number of nitrogens with one attached hydrogen (secondary N) is 2. The lowest BCUT2D eigenvalue weighted by atomic mass is 9.94. The lowest BCUT2D eigenvalue weighted by Gasteiger charge is -2.33. The molecule has 1 saturated heterocycles. The molecule has 9 heteroatoms. The second kappa shape index (κ2) is 7.11. The monoisotopic (exact) mass is 402 g/mol. The molecule has 3 aliphatic rings. The molecule has 2 aromatic heterocycles. The zero-order valence-corrected chi connectivity index (χ0v) is 16.7. The molecule has 0 amide bonds. The van der Waals surface area contributed by atoms with E-state index in [1.807, 2.05) is 6.20 Å². The smallest absolute Gasteiger partial charge is 0.227 e. The fraction of sp³-hybridized carbons (Fsp3) is 0.632. The molecule has 1 atom stereocenters. The molecule has 1 saturated carbocycles. The first-order valence-electron chi connectivity index (χ1n) is 10.0. The Hall–Kier alpha value is -2.00. The van der Waals surface area contributed by atoms with Gasteiger partial charge in [-0.05, 0) is 25.7 Å². The average Bonchev–Trinajstić information content (AvgIpc) is 3.28. The number of aromatic amines is 1. The highest BCUT2D eigenvalue weighted by Gasteiger charge is 2.43. The highest BCUT2D eigenvalue weighted by molar-refractivity contribution is 7.84. The quantitative estimate of drug-likeness (QED) is 0.692. The number of hydrogen-bond donors (Lipinski definition) is 3. The molecule has 28 heavy (non-hydrogen) atoms. The third-order valence-electron chi connectivity index (χ3n) is 6.23. The van der Waals surface area contributed by atoms with Crippen LogP contribution in [-0.4, -0.2) is 60.2 Å². The molecule has 150 valence electrons. The second-order valence-electron chi connectivity index (χ2n) is 8.17. The van der Waals surface area contributed by atoms with Gasteiger partial charge in [-0.2, -0.15) is 4.98 Å². The Morgan fingerprint density at radius 2 is 2.14 bits per heavy atom. The molecule has 0 aromatic carbocycles. The van der Waals surface area contributed by atoms with Crippen molar-refractivity contribution >= 4 is 22.6 Å². The molecule has 3 N–H and O–H groups in total. The normalized spacial score (nSPS) is 24.0. The van der Waals surface area contributed by atoms with Crippen molar-refractivity contribution in [3.05, 3.63) is 29.5 Å². The molecule has 0 bridgehead atoms. The van der Waals surface area contributed by atoms with Crippen LogP contribution in [0.1, 0.15) is 48.6 Å². The predicted octanol–water partition coefficient (Wildman–Crippen LogP) is 1.33. The number of piperidine rings is 1. The number of aromatic nitrogens is 4. The Morgan fingerprint density at radius 1 is 1.32 bits per heavy atom. The lowest BCUT2D eigenvalue weighted by Crippen LogP contribution is -2.36. The van der Waals surface area contributed by atoms with Gasteiger partial charge in [0.1, 0.15) is 5.82 Å². The third-order valence-corrected chi connectivity index (χ3v) is 7.50. The van der Waals surface area contributed by atoms with E-state index in [1.165, 1.54) is 5.69 Å². The van der Waals surface area contributed by atoms with Crippen LogP contribution in [0.25, 0.3) is 0 Å². The first kappa shape index (κ1) is 18.1. The highest BCUT2D eigenvalue weighted by Crippen LogP contribution is 2.40. The van der Waals surface area contributed by atoms with Crippen molar-refractivity contribution in [2.24, 2.45) is 0 Å². The van der Waals surface area contributed by atoms with E-state index in [4.69, 9.17) is 9.97 Å². The average molecular weight is 403 g/mol. The maximum Gasteiger partial charge on any atom is 0.227 e. The number of aliphatic hydroxyl groups excluding tert-OH is 1. The van der Waals surface area contributed by atoms with Crippen molar-refractivity contribution in [3.63, 3.8) is 0 Å². The number of anilines is 2. The molecule has 5 rings (SSSR count). The first-order valence-corrected chi connectivity index (χ1v) is 11.5. The summed E-state index contributed by atoms with van der Waals surface area (Å²) in [5.74, 6) is 3.19. The van der Waals surface area contributed by atoms with Crippen LogP contribution in [0.3, 0.4) is 0 Å². The molecule has 0 unspecified atom stereocenters. The van der Waals surface area contributed by atoms with Gasteiger partial charge in [-0.25, -0.2) is 9.97 Å². The van der Waals surface area contributed by atoms with Crippen LogP contribution in [0.5, 0.6) is 0 Å². The summed E-state index contributed by atoms with van der Waals surface area (Å²) in [4.78, 5) is 19.3. The Labute approximate surface area is 166 Å². The van der Waals surface area contributed by atoms with Gasteiger partial charge in [0.15, 0.2) is 0 Å². The molecule has 1 aliphatic carbocycles. The van der Waals surface area contributed by atoms with Gasteiger partial charge in [-0.1, -0.05) is 0 Å². The Morgan fingerprint density at radius 3 is 2.82 bits per heavy atom. The minimum absolute atomic E-state index is 0.0970. The molecule has 2 aliphatic heterocycles. The summed E-state index contributed by atoms with van der Waals surface area (Å²) in [6.07, 6.45) is 8.34. The number of aliphatic hydroxyl groups is 1. The summed E-state index contributed by atoms with van der Waals surface area (Å²) in [7, 11) is -0.861. The number of imidazole rings is 1. The van der Waals surface area contributed by atoms with Crippen LogP contribution in [0, 0.1) is 0 Å². The molecular formula is C19H26N6O2S. The minimum Gasteiger partial charge on any atom is -0.394 e. The molecule has 8 nitrogen and oxygen atoms in total. The molecule has 0 spiro atoms. The Bertz CT molecular complexity index is 875. The summed E-state index contributed by atoms with van der Waals surface area (Å²) in [5.41, 5.74) is 2.93. The SMILES string of the molecule is O=[S@@]1CCc2nc(N3CCC(c4cnc[nH]4)CC3)nc(NC3(CO)CC3)c2C1. The first-order chi connectivity index (χ1) is 13.7. The number of aryl methyl sites for hydroxylation is 1. The van der Waals surface area contributed by atoms with Crippen molar-refractivity contribution in [2.45, 2.75) is 49.3 Å². The van der Waals surface area contributed by atoms with Crippen molar-refractivity contribution in [3.8, 4) is 0 Å². The minimum atomic E-state index is -0.861. The van der Waals surface area contributed by atoms with Gasteiger partial charge in [0.2, 0.25) is 5.95 Å². The van der Waals surface area contributed by atoms with Crippen LogP contribution < -0.4 is 10.2 Å². The molecule has 4 heterocycles. The number of H-pyrrole nitrogens is 1. The van der Waals surface area contributed by atoms with E-state index in [1.54, 1.807) is 6.33 Å². The van der Waals surface area contributed by atoms with Crippen molar-refractivity contribution in [1.82, 2.24) is 19.9 Å². The lowest BCUT2D eigenvalue weighted by molar-refractivity contribution is 0.266. The van der Waals surface area contributed by atoms with Crippen LogP contribution in [0.4, 0.5) is 11.8 Å². The van der Waals surface area contributed by atoms with Crippen LogP contribution in [0.2, 0.25) is 0 Å². The van der Waals surface area contributed by atoms with E-state index in [2.05, 4.69) is 20.2 Å². The zero-order chi connectivity index (χ0) is 19.1. The van der Waals surface area contributed by atoms with Gasteiger partial charge in [0, 0.05) is 59.4 Å². The molecular weight excluding hydrogens is 376 g/mol. The number of hydrogen-bond acceptors (Lipinski definition) is 7. The third kappa shape index (κ3) is 3.41. The maximum absolute atomic E-state index is 12.1. The second-order valence-corrected chi connectivity index (χ2v) is 9.74. The zero-order valence-electron chi connectivity index (χ0n) is 15.9. The maximum atomic E-state index is 12.1. The number of fused-ring (bicyclic) bond motifs is 1. The van der Waals surface area contributed by atoms with E-state index < -0.39 is 10.8 Å². The largest absolute Gasteiger partial charge is 0.394 e. The topological polar surface area (TPSA) is 107 Å². The summed E-state index contributed by atoms with van der Waals surface area (Å²) in [6, 6.07) is 0. The fourth-order valence-electron chi connectivity index (χ4n) is 4.17. The van der Waals surface area contributed by atoms with Crippen LogP contribution in [-0.2, 0) is 23.0 Å². The van der Waals surface area contributed by atoms with Gasteiger partial charge < -0.3 is 20.3 Å². The summed E-state index contributed by atoms with van der Waals surface area (Å²) >= 11 is 0. The summed E-state index contributed by atoms with van der Waals surface area (Å²) in [6.45, 7) is 1.90. The van der Waals surface area contributed by atoms with E-state index in [0.717, 1.165) is 68.2 Å². The van der Waals surface area contributed by atoms with Crippen LogP contribution in [0.15, 0.2) is 12.5 Å². The van der Waals surface area contributed by atoms with E-state index in [-0.39, 0.29) is 12.1 Å². The molecule has 0 radical (unpaired) electrons. The van der Waals surface area contributed by atoms with Crippen molar-refractivity contribution in [1.29, 1.82) is 0 Å². The van der Waals surface area contributed by atoms with Crippen molar-refractivity contribution < 1.29 is 9.32 Å². The van der Waals surface area contributed by atoms with Crippen molar-refractivity contribution in [2.75, 3.05) is 35.7 Å². The predicted molar refractivity (Wildman–Crippen MR) is 108 cm³/mol. The number of rotatable bonds is 5.